The Morgan fingerprint density at radius 1 is 1.50 bits per heavy atom. The van der Waals surface area contributed by atoms with E-state index in [1.807, 2.05) is 6.07 Å². The van der Waals surface area contributed by atoms with Gasteiger partial charge in [0.1, 0.15) is 5.82 Å². The second-order valence-electron chi connectivity index (χ2n) is 2.44. The van der Waals surface area contributed by atoms with Crippen LogP contribution in [-0.2, 0) is 6.54 Å². The van der Waals surface area contributed by atoms with Crippen LogP contribution in [0.3, 0.4) is 0 Å². The summed E-state index contributed by atoms with van der Waals surface area (Å²) in [7, 11) is 0. The first-order valence-electron chi connectivity index (χ1n) is 3.71. The lowest BCUT2D eigenvalue weighted by molar-refractivity contribution is 0.623. The summed E-state index contributed by atoms with van der Waals surface area (Å²) in [6.07, 6.45) is 5.04. The maximum atomic E-state index is 12.6. The topological polar surface area (TPSA) is 12.0 Å². The van der Waals surface area contributed by atoms with Gasteiger partial charge in [0.25, 0.3) is 0 Å². The smallest absolute Gasteiger partial charge is 0.123 e. The van der Waals surface area contributed by atoms with Crippen molar-refractivity contribution in [3.05, 3.63) is 35.6 Å². The highest BCUT2D eigenvalue weighted by atomic mass is 19.1. The summed E-state index contributed by atoms with van der Waals surface area (Å²) in [5, 5.41) is 2.98. The molecule has 12 heavy (non-hydrogen) atoms. The number of hydrogen-bond acceptors (Lipinski definition) is 1. The van der Waals surface area contributed by atoms with Gasteiger partial charge in [0.15, 0.2) is 0 Å². The molecule has 2 heteroatoms. The molecule has 62 valence electrons. The molecule has 0 amide bonds. The van der Waals surface area contributed by atoms with Crippen LogP contribution in [-0.4, -0.2) is 6.54 Å². The number of rotatable bonds is 3. The Bertz CT molecular complexity index is 288. The second kappa shape index (κ2) is 4.53. The molecule has 1 N–H and O–H groups in total. The number of benzene rings is 1. The maximum Gasteiger partial charge on any atom is 0.123 e. The normalized spacial score (nSPS) is 9.33. The SMILES string of the molecule is C#CCNCc1cccc(F)c1. The molecule has 0 heterocycles. The van der Waals surface area contributed by atoms with Crippen molar-refractivity contribution >= 4 is 0 Å². The largest absolute Gasteiger partial charge is 0.302 e. The van der Waals surface area contributed by atoms with E-state index in [4.69, 9.17) is 6.42 Å². The van der Waals surface area contributed by atoms with Crippen LogP contribution in [0, 0.1) is 18.2 Å². The van der Waals surface area contributed by atoms with E-state index in [9.17, 15) is 4.39 Å². The molecule has 0 aromatic heterocycles. The van der Waals surface area contributed by atoms with E-state index in [1.54, 1.807) is 6.07 Å². The summed E-state index contributed by atoms with van der Waals surface area (Å²) in [6.45, 7) is 1.12. The van der Waals surface area contributed by atoms with E-state index in [1.165, 1.54) is 12.1 Å². The Hall–Kier alpha value is -1.33. The van der Waals surface area contributed by atoms with Crippen LogP contribution in [0.5, 0.6) is 0 Å². The standard InChI is InChI=1S/C10H10FN/c1-2-6-12-8-9-4-3-5-10(11)7-9/h1,3-5,7,12H,6,8H2. The Kier molecular flexibility index (Phi) is 3.31. The van der Waals surface area contributed by atoms with E-state index in [2.05, 4.69) is 11.2 Å². The van der Waals surface area contributed by atoms with Crippen molar-refractivity contribution in [2.75, 3.05) is 6.54 Å². The van der Waals surface area contributed by atoms with Gasteiger partial charge in [-0.3, -0.25) is 0 Å². The Balaban J connectivity index is 2.48. The number of terminal acetylenes is 1. The van der Waals surface area contributed by atoms with E-state index < -0.39 is 0 Å². The van der Waals surface area contributed by atoms with Crippen LogP contribution >= 0.6 is 0 Å². The molecule has 0 saturated carbocycles. The fraction of sp³-hybridized carbons (Fsp3) is 0.200. The van der Waals surface area contributed by atoms with Gasteiger partial charge in [-0.25, -0.2) is 4.39 Å². The predicted molar refractivity (Wildman–Crippen MR) is 46.9 cm³/mol. The molecule has 1 aromatic carbocycles. The molecule has 0 radical (unpaired) electrons. The minimum Gasteiger partial charge on any atom is -0.302 e. The first-order chi connectivity index (χ1) is 5.83. The molecule has 0 saturated heterocycles. The summed E-state index contributed by atoms with van der Waals surface area (Å²) in [6, 6.07) is 6.45. The highest BCUT2D eigenvalue weighted by molar-refractivity contribution is 5.16. The zero-order valence-corrected chi connectivity index (χ0v) is 6.68. The molecule has 0 aliphatic heterocycles. The molecular weight excluding hydrogens is 153 g/mol. The van der Waals surface area contributed by atoms with Crippen LogP contribution in [0.4, 0.5) is 4.39 Å². The van der Waals surface area contributed by atoms with Gasteiger partial charge in [0, 0.05) is 6.54 Å². The Morgan fingerprint density at radius 2 is 2.33 bits per heavy atom. The quantitative estimate of drug-likeness (QED) is 0.526. The van der Waals surface area contributed by atoms with E-state index in [0.29, 0.717) is 13.1 Å². The molecule has 0 aliphatic carbocycles. The van der Waals surface area contributed by atoms with Gasteiger partial charge in [-0.05, 0) is 17.7 Å². The number of nitrogens with one attached hydrogen (secondary N) is 1. The van der Waals surface area contributed by atoms with Crippen LogP contribution in [0.25, 0.3) is 0 Å². The Morgan fingerprint density at radius 3 is 3.00 bits per heavy atom. The summed E-state index contributed by atoms with van der Waals surface area (Å²) in [5.74, 6) is 2.23. The minimum atomic E-state index is -0.213. The van der Waals surface area contributed by atoms with Gasteiger partial charge in [-0.2, -0.15) is 0 Å². The van der Waals surface area contributed by atoms with Crippen LogP contribution in [0.1, 0.15) is 5.56 Å². The fourth-order valence-corrected chi connectivity index (χ4v) is 0.926. The molecule has 0 spiro atoms. The third-order valence-corrected chi connectivity index (χ3v) is 1.45. The van der Waals surface area contributed by atoms with Gasteiger partial charge in [0.05, 0.1) is 6.54 Å². The van der Waals surface area contributed by atoms with Gasteiger partial charge >= 0.3 is 0 Å². The monoisotopic (exact) mass is 163 g/mol. The second-order valence-corrected chi connectivity index (χ2v) is 2.44. The van der Waals surface area contributed by atoms with E-state index >= 15 is 0 Å². The van der Waals surface area contributed by atoms with Crippen molar-refractivity contribution in [3.8, 4) is 12.3 Å². The third-order valence-electron chi connectivity index (χ3n) is 1.45. The molecule has 1 rings (SSSR count). The fourth-order valence-electron chi connectivity index (χ4n) is 0.926. The van der Waals surface area contributed by atoms with E-state index in [0.717, 1.165) is 5.56 Å². The van der Waals surface area contributed by atoms with E-state index in [-0.39, 0.29) is 5.82 Å². The summed E-state index contributed by atoms with van der Waals surface area (Å²) >= 11 is 0. The first-order valence-corrected chi connectivity index (χ1v) is 3.71. The van der Waals surface area contributed by atoms with Crippen molar-refractivity contribution < 1.29 is 4.39 Å². The molecule has 0 aliphatic rings. The van der Waals surface area contributed by atoms with Gasteiger partial charge in [-0.15, -0.1) is 6.42 Å². The van der Waals surface area contributed by atoms with Crippen LogP contribution < -0.4 is 5.32 Å². The molecule has 0 unspecified atom stereocenters. The summed E-state index contributed by atoms with van der Waals surface area (Å²) in [5.41, 5.74) is 0.908. The highest BCUT2D eigenvalue weighted by Crippen LogP contribution is 2.02. The zero-order valence-electron chi connectivity index (χ0n) is 6.68. The number of halogens is 1. The van der Waals surface area contributed by atoms with Crippen molar-refractivity contribution in [2.24, 2.45) is 0 Å². The summed E-state index contributed by atoms with van der Waals surface area (Å²) < 4.78 is 12.6. The average Bonchev–Trinajstić information content (AvgIpc) is 2.05. The average molecular weight is 163 g/mol. The third kappa shape index (κ3) is 2.73. The first kappa shape index (κ1) is 8.76. The van der Waals surface area contributed by atoms with Gasteiger partial charge < -0.3 is 5.32 Å². The highest BCUT2D eigenvalue weighted by Gasteiger charge is 1.92. The van der Waals surface area contributed by atoms with Gasteiger partial charge in [-0.1, -0.05) is 18.1 Å². The van der Waals surface area contributed by atoms with Gasteiger partial charge in [0.2, 0.25) is 0 Å². The molecule has 0 bridgehead atoms. The van der Waals surface area contributed by atoms with Crippen molar-refractivity contribution in [1.82, 2.24) is 5.32 Å². The molecule has 1 aromatic rings. The van der Waals surface area contributed by atoms with Crippen LogP contribution in [0.15, 0.2) is 24.3 Å². The lowest BCUT2D eigenvalue weighted by Crippen LogP contribution is -2.12. The maximum absolute atomic E-state index is 12.6. The molecule has 0 atom stereocenters. The summed E-state index contributed by atoms with van der Waals surface area (Å²) in [4.78, 5) is 0. The van der Waals surface area contributed by atoms with Crippen LogP contribution in [0.2, 0.25) is 0 Å². The van der Waals surface area contributed by atoms with Crippen molar-refractivity contribution in [1.29, 1.82) is 0 Å². The Labute approximate surface area is 71.6 Å². The van der Waals surface area contributed by atoms with Crippen molar-refractivity contribution in [2.45, 2.75) is 6.54 Å². The minimum absolute atomic E-state index is 0.213. The lowest BCUT2D eigenvalue weighted by atomic mass is 10.2. The van der Waals surface area contributed by atoms with Crippen molar-refractivity contribution in [3.63, 3.8) is 0 Å². The predicted octanol–water partition coefficient (Wildman–Crippen LogP) is 1.55. The molecular formula is C10H10FN. The zero-order chi connectivity index (χ0) is 8.81. The lowest BCUT2D eigenvalue weighted by Gasteiger charge is -2.00. The molecule has 0 fully saturated rings. The molecule has 1 nitrogen and oxygen atoms in total. The number of hydrogen-bond donors (Lipinski definition) is 1.